The highest BCUT2D eigenvalue weighted by molar-refractivity contribution is 6.33. The zero-order valence-electron chi connectivity index (χ0n) is 14.2. The van der Waals surface area contributed by atoms with E-state index in [4.69, 9.17) is 11.6 Å². The van der Waals surface area contributed by atoms with Gasteiger partial charge < -0.3 is 9.47 Å². The van der Waals surface area contributed by atoms with Crippen molar-refractivity contribution >= 4 is 17.5 Å². The summed E-state index contributed by atoms with van der Waals surface area (Å²) in [6.07, 6.45) is 7.29. The van der Waals surface area contributed by atoms with Crippen molar-refractivity contribution in [3.63, 3.8) is 0 Å². The highest BCUT2D eigenvalue weighted by atomic mass is 35.5. The fraction of sp³-hybridized carbons (Fsp3) is 0.529. The van der Waals surface area contributed by atoms with Crippen LogP contribution < -0.4 is 0 Å². The molecule has 1 aliphatic heterocycles. The van der Waals surface area contributed by atoms with Crippen molar-refractivity contribution < 1.29 is 4.79 Å². The Morgan fingerprint density at radius 1 is 1.38 bits per heavy atom. The summed E-state index contributed by atoms with van der Waals surface area (Å²) in [5.74, 6) is 1.64. The van der Waals surface area contributed by atoms with Crippen LogP contribution in [-0.2, 0) is 0 Å². The Morgan fingerprint density at radius 2 is 2.17 bits per heavy atom. The predicted octanol–water partition coefficient (Wildman–Crippen LogP) is 3.24. The van der Waals surface area contributed by atoms with Gasteiger partial charge in [0.05, 0.1) is 17.3 Å². The third-order valence-corrected chi connectivity index (χ3v) is 4.70. The van der Waals surface area contributed by atoms with Crippen LogP contribution in [0.15, 0.2) is 18.6 Å². The van der Waals surface area contributed by atoms with Gasteiger partial charge in [-0.25, -0.2) is 15.0 Å². The van der Waals surface area contributed by atoms with Crippen LogP contribution in [0.25, 0.3) is 0 Å². The van der Waals surface area contributed by atoms with E-state index in [2.05, 4.69) is 19.5 Å². The molecule has 0 saturated carbocycles. The van der Waals surface area contributed by atoms with Crippen molar-refractivity contribution in [3.8, 4) is 0 Å². The molecule has 1 fully saturated rings. The van der Waals surface area contributed by atoms with Crippen molar-refractivity contribution in [1.82, 2.24) is 24.4 Å². The SMILES string of the molecule is Cc1nccn1C1CCCN(C(=O)c2nc(C(C)C)ncc2Cl)C1. The van der Waals surface area contributed by atoms with Gasteiger partial charge in [-0.1, -0.05) is 25.4 Å². The summed E-state index contributed by atoms with van der Waals surface area (Å²) in [6, 6.07) is 0.246. The Morgan fingerprint density at radius 3 is 2.83 bits per heavy atom. The minimum absolute atomic E-state index is 0.119. The Hall–Kier alpha value is -1.95. The monoisotopic (exact) mass is 347 g/mol. The van der Waals surface area contributed by atoms with Gasteiger partial charge >= 0.3 is 0 Å². The number of rotatable bonds is 3. The van der Waals surface area contributed by atoms with Crippen molar-refractivity contribution in [2.75, 3.05) is 13.1 Å². The molecule has 7 heteroatoms. The first-order valence-corrected chi connectivity index (χ1v) is 8.66. The zero-order valence-corrected chi connectivity index (χ0v) is 15.0. The number of piperidine rings is 1. The van der Waals surface area contributed by atoms with Crippen LogP contribution in [0.4, 0.5) is 0 Å². The molecule has 0 bridgehead atoms. The molecule has 1 aliphatic rings. The second kappa shape index (κ2) is 6.89. The summed E-state index contributed by atoms with van der Waals surface area (Å²) in [6.45, 7) is 7.34. The highest BCUT2D eigenvalue weighted by Gasteiger charge is 2.28. The second-order valence-corrected chi connectivity index (χ2v) is 6.92. The standard InChI is InChI=1S/C17H22ClN5O/c1-11(2)16-20-9-14(18)15(21-16)17(24)22-7-4-5-13(10-22)23-8-6-19-12(23)3/h6,8-9,11,13H,4-5,7,10H2,1-3H3. The number of halogens is 1. The third-order valence-electron chi connectivity index (χ3n) is 4.42. The van der Waals surface area contributed by atoms with Gasteiger partial charge in [-0.3, -0.25) is 4.79 Å². The average molecular weight is 348 g/mol. The molecule has 3 rings (SSSR count). The van der Waals surface area contributed by atoms with E-state index in [9.17, 15) is 4.79 Å². The quantitative estimate of drug-likeness (QED) is 0.855. The number of aromatic nitrogens is 4. The number of carbonyl (C=O) groups excluding carboxylic acids is 1. The second-order valence-electron chi connectivity index (χ2n) is 6.51. The van der Waals surface area contributed by atoms with Gasteiger partial charge in [0, 0.05) is 31.4 Å². The van der Waals surface area contributed by atoms with Crippen molar-refractivity contribution in [2.45, 2.75) is 45.6 Å². The molecule has 6 nitrogen and oxygen atoms in total. The summed E-state index contributed by atoms with van der Waals surface area (Å²) < 4.78 is 2.14. The van der Waals surface area contributed by atoms with Gasteiger partial charge in [0.2, 0.25) is 0 Å². The van der Waals surface area contributed by atoms with E-state index in [1.54, 1.807) is 6.20 Å². The summed E-state index contributed by atoms with van der Waals surface area (Å²) in [5.41, 5.74) is 0.304. The van der Waals surface area contributed by atoms with E-state index >= 15 is 0 Å². The van der Waals surface area contributed by atoms with Gasteiger partial charge in [0.15, 0.2) is 5.69 Å². The van der Waals surface area contributed by atoms with E-state index in [-0.39, 0.29) is 17.9 Å². The maximum Gasteiger partial charge on any atom is 0.274 e. The van der Waals surface area contributed by atoms with Crippen LogP contribution >= 0.6 is 11.6 Å². The maximum absolute atomic E-state index is 12.9. The lowest BCUT2D eigenvalue weighted by molar-refractivity contribution is 0.0672. The van der Waals surface area contributed by atoms with E-state index in [1.165, 1.54) is 6.20 Å². The van der Waals surface area contributed by atoms with E-state index in [0.29, 0.717) is 23.1 Å². The Kier molecular flexibility index (Phi) is 4.85. The number of likely N-dealkylation sites (tertiary alicyclic amines) is 1. The Bertz CT molecular complexity index is 742. The average Bonchev–Trinajstić information content (AvgIpc) is 3.00. The number of amides is 1. The molecule has 1 unspecified atom stereocenters. The molecule has 0 N–H and O–H groups in total. The number of carbonyl (C=O) groups is 1. The van der Waals surface area contributed by atoms with Gasteiger partial charge in [-0.2, -0.15) is 0 Å². The molecule has 2 aromatic heterocycles. The third kappa shape index (κ3) is 3.29. The first-order chi connectivity index (χ1) is 11.5. The van der Waals surface area contributed by atoms with Crippen LogP contribution in [-0.4, -0.2) is 43.4 Å². The minimum Gasteiger partial charge on any atom is -0.335 e. The number of nitrogens with zero attached hydrogens (tertiary/aromatic N) is 5. The van der Waals surface area contributed by atoms with Gasteiger partial charge in [0.1, 0.15) is 11.6 Å². The minimum atomic E-state index is -0.119. The molecular formula is C17H22ClN5O. The number of hydrogen-bond acceptors (Lipinski definition) is 4. The molecule has 1 saturated heterocycles. The smallest absolute Gasteiger partial charge is 0.274 e. The van der Waals surface area contributed by atoms with Crippen LogP contribution in [0.1, 0.15) is 60.8 Å². The van der Waals surface area contributed by atoms with Crippen molar-refractivity contribution in [2.24, 2.45) is 0 Å². The molecule has 0 aliphatic carbocycles. The van der Waals surface area contributed by atoms with Crippen LogP contribution in [0.5, 0.6) is 0 Å². The summed E-state index contributed by atoms with van der Waals surface area (Å²) in [5, 5.41) is 0.310. The van der Waals surface area contributed by atoms with E-state index < -0.39 is 0 Å². The lowest BCUT2D eigenvalue weighted by Crippen LogP contribution is -2.41. The molecule has 0 spiro atoms. The number of imidazole rings is 1. The predicted molar refractivity (Wildman–Crippen MR) is 92.3 cm³/mol. The molecule has 2 aromatic rings. The first-order valence-electron chi connectivity index (χ1n) is 8.28. The lowest BCUT2D eigenvalue weighted by Gasteiger charge is -2.33. The fourth-order valence-corrected chi connectivity index (χ4v) is 3.27. The van der Waals surface area contributed by atoms with Crippen LogP contribution in [0.3, 0.4) is 0 Å². The van der Waals surface area contributed by atoms with Crippen molar-refractivity contribution in [1.29, 1.82) is 0 Å². The molecule has 1 atom stereocenters. The van der Waals surface area contributed by atoms with Crippen LogP contribution in [0, 0.1) is 6.92 Å². The molecule has 1 amide bonds. The van der Waals surface area contributed by atoms with Crippen molar-refractivity contribution in [3.05, 3.63) is 41.0 Å². The summed E-state index contributed by atoms with van der Waals surface area (Å²) in [7, 11) is 0. The first kappa shape index (κ1) is 16.9. The lowest BCUT2D eigenvalue weighted by atomic mass is 10.0. The Labute approximate surface area is 146 Å². The zero-order chi connectivity index (χ0) is 17.3. The summed E-state index contributed by atoms with van der Waals surface area (Å²) in [4.78, 5) is 27.6. The normalized spacial score (nSPS) is 18.2. The molecule has 3 heterocycles. The molecule has 0 radical (unpaired) electrons. The number of hydrogen-bond donors (Lipinski definition) is 0. The number of aryl methyl sites for hydroxylation is 1. The molecular weight excluding hydrogens is 326 g/mol. The highest BCUT2D eigenvalue weighted by Crippen LogP contribution is 2.25. The van der Waals surface area contributed by atoms with Gasteiger partial charge in [-0.05, 0) is 19.8 Å². The molecule has 24 heavy (non-hydrogen) atoms. The van der Waals surface area contributed by atoms with Gasteiger partial charge in [-0.15, -0.1) is 0 Å². The van der Waals surface area contributed by atoms with Crippen LogP contribution in [0.2, 0.25) is 5.02 Å². The molecule has 0 aromatic carbocycles. The summed E-state index contributed by atoms with van der Waals surface area (Å²) >= 11 is 6.19. The topological polar surface area (TPSA) is 63.9 Å². The fourth-order valence-electron chi connectivity index (χ4n) is 3.10. The Balaban J connectivity index is 1.82. The van der Waals surface area contributed by atoms with E-state index in [0.717, 1.165) is 25.2 Å². The van der Waals surface area contributed by atoms with E-state index in [1.807, 2.05) is 31.9 Å². The maximum atomic E-state index is 12.9. The van der Waals surface area contributed by atoms with Gasteiger partial charge in [0.25, 0.3) is 5.91 Å². The largest absolute Gasteiger partial charge is 0.335 e. The molecule has 128 valence electrons.